The van der Waals surface area contributed by atoms with Gasteiger partial charge in [0.15, 0.2) is 0 Å². The summed E-state index contributed by atoms with van der Waals surface area (Å²) in [6.45, 7) is 2.07. The van der Waals surface area contributed by atoms with Crippen molar-refractivity contribution in [2.75, 3.05) is 25.0 Å². The lowest BCUT2D eigenvalue weighted by Crippen LogP contribution is -2.27. The Morgan fingerprint density at radius 2 is 1.91 bits per heavy atom. The number of halogens is 3. The van der Waals surface area contributed by atoms with Crippen molar-refractivity contribution < 1.29 is 14.3 Å². The maximum absolute atomic E-state index is 13.9. The summed E-state index contributed by atoms with van der Waals surface area (Å²) in [5.74, 6) is 0.164. The van der Waals surface area contributed by atoms with Crippen molar-refractivity contribution in [3.63, 3.8) is 0 Å². The van der Waals surface area contributed by atoms with Crippen molar-refractivity contribution in [1.29, 1.82) is 0 Å². The predicted octanol–water partition coefficient (Wildman–Crippen LogP) is 5.99. The number of nitrogens with one attached hydrogen (secondary N) is 1. The van der Waals surface area contributed by atoms with Crippen LogP contribution < -0.4 is 5.32 Å². The van der Waals surface area contributed by atoms with Gasteiger partial charge in [0.05, 0.1) is 5.69 Å². The van der Waals surface area contributed by atoms with E-state index < -0.39 is 5.82 Å². The van der Waals surface area contributed by atoms with Crippen molar-refractivity contribution in [2.24, 2.45) is 0 Å². The minimum atomic E-state index is -0.481. The maximum atomic E-state index is 13.9. The van der Waals surface area contributed by atoms with E-state index in [0.717, 1.165) is 19.4 Å². The highest BCUT2D eigenvalue weighted by molar-refractivity contribution is 6.39. The number of nitrogens with zero attached hydrogens (tertiary/aromatic N) is 2. The quantitative estimate of drug-likeness (QED) is 0.413. The summed E-state index contributed by atoms with van der Waals surface area (Å²) in [6, 6.07) is 12.5. The number of benzene rings is 2. The number of phenols is 1. The summed E-state index contributed by atoms with van der Waals surface area (Å²) < 4.78 is 13.9. The number of hydrogen-bond donors (Lipinski definition) is 2. The normalized spacial score (nSPS) is 13.6. The van der Waals surface area contributed by atoms with Gasteiger partial charge in [0.1, 0.15) is 17.4 Å². The molecule has 32 heavy (non-hydrogen) atoms. The van der Waals surface area contributed by atoms with E-state index in [-0.39, 0.29) is 17.2 Å². The Labute approximate surface area is 195 Å². The summed E-state index contributed by atoms with van der Waals surface area (Å²) in [5.41, 5.74) is 1.96. The molecule has 3 aromatic rings. The van der Waals surface area contributed by atoms with Gasteiger partial charge < -0.3 is 15.3 Å². The number of amides is 1. The molecule has 0 saturated carbocycles. The van der Waals surface area contributed by atoms with Crippen LogP contribution in [0.5, 0.6) is 5.75 Å². The molecular weight excluding hydrogens is 452 g/mol. The smallest absolute Gasteiger partial charge is 0.222 e. The van der Waals surface area contributed by atoms with Gasteiger partial charge in [-0.05, 0) is 60.9 Å². The fourth-order valence-electron chi connectivity index (χ4n) is 3.82. The first-order chi connectivity index (χ1) is 15.4. The minimum absolute atomic E-state index is 0.0835. The zero-order chi connectivity index (χ0) is 22.7. The molecule has 8 heteroatoms. The molecule has 1 amide bonds. The van der Waals surface area contributed by atoms with E-state index in [2.05, 4.69) is 10.3 Å². The Bertz CT molecular complexity index is 1140. The highest BCUT2D eigenvalue weighted by Gasteiger charge is 2.19. The van der Waals surface area contributed by atoms with Crippen LogP contribution in [0.1, 0.15) is 19.3 Å². The molecule has 0 unspecified atom stereocenters. The fourth-order valence-corrected chi connectivity index (χ4v) is 4.43. The standard InChI is InChI=1S/C24H22Cl2FN3O2/c25-18-4-1-5-19(26)24(18)15-12-20(17-14-16(27)7-8-21(17)31)29-22(13-15)28-9-3-11-30-10-2-6-23(30)32/h1,4-5,7-8,12-14,31H,2-3,6,9-11H2,(H,28,29). The van der Waals surface area contributed by atoms with Crippen LogP contribution in [0.2, 0.25) is 10.0 Å². The molecule has 0 aliphatic carbocycles. The first-order valence-corrected chi connectivity index (χ1v) is 11.1. The number of rotatable bonds is 7. The number of anilines is 1. The Morgan fingerprint density at radius 3 is 2.62 bits per heavy atom. The van der Waals surface area contributed by atoms with Gasteiger partial charge in [-0.3, -0.25) is 4.79 Å². The van der Waals surface area contributed by atoms with Gasteiger partial charge in [0, 0.05) is 47.2 Å². The van der Waals surface area contributed by atoms with Crippen LogP contribution in [0, 0.1) is 5.82 Å². The lowest BCUT2D eigenvalue weighted by Gasteiger charge is -2.16. The zero-order valence-electron chi connectivity index (χ0n) is 17.2. The van der Waals surface area contributed by atoms with E-state index in [1.807, 2.05) is 11.0 Å². The molecule has 2 N–H and O–H groups in total. The SMILES string of the molecule is O=C1CCCN1CCCNc1cc(-c2c(Cl)cccc2Cl)cc(-c2cc(F)ccc2O)n1. The second kappa shape index (κ2) is 9.76. The Kier molecular flexibility index (Phi) is 6.82. The molecule has 1 saturated heterocycles. The molecule has 0 radical (unpaired) electrons. The fraction of sp³-hybridized carbons (Fsp3) is 0.250. The second-order valence-electron chi connectivity index (χ2n) is 7.65. The molecular formula is C24H22Cl2FN3O2. The third-order valence-electron chi connectivity index (χ3n) is 5.39. The summed E-state index contributed by atoms with van der Waals surface area (Å²) >= 11 is 12.8. The van der Waals surface area contributed by atoms with Crippen LogP contribution >= 0.6 is 23.2 Å². The van der Waals surface area contributed by atoms with E-state index >= 15 is 0 Å². The van der Waals surface area contributed by atoms with Gasteiger partial charge in [0.2, 0.25) is 5.91 Å². The molecule has 1 aliphatic rings. The monoisotopic (exact) mass is 473 g/mol. The van der Waals surface area contributed by atoms with Gasteiger partial charge in [-0.15, -0.1) is 0 Å². The van der Waals surface area contributed by atoms with Crippen LogP contribution in [0.25, 0.3) is 22.4 Å². The number of pyridine rings is 1. The topological polar surface area (TPSA) is 65.5 Å². The number of aromatic hydroxyl groups is 1. The number of hydrogen-bond acceptors (Lipinski definition) is 4. The van der Waals surface area contributed by atoms with Crippen LogP contribution in [-0.4, -0.2) is 40.5 Å². The lowest BCUT2D eigenvalue weighted by atomic mass is 10.0. The van der Waals surface area contributed by atoms with Crippen molar-refractivity contribution in [1.82, 2.24) is 9.88 Å². The van der Waals surface area contributed by atoms with Gasteiger partial charge >= 0.3 is 0 Å². The molecule has 0 spiro atoms. The second-order valence-corrected chi connectivity index (χ2v) is 8.46. The van der Waals surface area contributed by atoms with Gasteiger partial charge in [-0.1, -0.05) is 29.3 Å². The number of likely N-dealkylation sites (tertiary alicyclic amines) is 1. The van der Waals surface area contributed by atoms with Crippen molar-refractivity contribution in [3.05, 3.63) is 64.4 Å². The average molecular weight is 474 g/mol. The van der Waals surface area contributed by atoms with Gasteiger partial charge in [0.25, 0.3) is 0 Å². The number of carbonyl (C=O) groups excluding carboxylic acids is 1. The Morgan fingerprint density at radius 1 is 1.12 bits per heavy atom. The largest absolute Gasteiger partial charge is 0.507 e. The van der Waals surface area contributed by atoms with Crippen LogP contribution in [-0.2, 0) is 4.79 Å². The molecule has 0 bridgehead atoms. The van der Waals surface area contributed by atoms with Crippen molar-refractivity contribution in [3.8, 4) is 28.1 Å². The van der Waals surface area contributed by atoms with E-state index in [4.69, 9.17) is 23.2 Å². The van der Waals surface area contributed by atoms with Gasteiger partial charge in [-0.25, -0.2) is 9.37 Å². The summed E-state index contributed by atoms with van der Waals surface area (Å²) in [7, 11) is 0. The van der Waals surface area contributed by atoms with Crippen LogP contribution in [0.15, 0.2) is 48.5 Å². The Balaban J connectivity index is 1.64. The first kappa shape index (κ1) is 22.4. The zero-order valence-corrected chi connectivity index (χ0v) is 18.8. The van der Waals surface area contributed by atoms with E-state index in [1.165, 1.54) is 18.2 Å². The molecule has 2 heterocycles. The summed E-state index contributed by atoms with van der Waals surface area (Å²) in [4.78, 5) is 18.2. The number of phenolic OH excluding ortho intramolecular Hbond substituents is 1. The van der Waals surface area contributed by atoms with E-state index in [0.29, 0.717) is 52.2 Å². The predicted molar refractivity (Wildman–Crippen MR) is 126 cm³/mol. The third kappa shape index (κ3) is 4.97. The molecule has 1 aliphatic heterocycles. The lowest BCUT2D eigenvalue weighted by molar-refractivity contribution is -0.127. The first-order valence-electron chi connectivity index (χ1n) is 10.4. The molecule has 1 fully saturated rings. The average Bonchev–Trinajstić information content (AvgIpc) is 3.17. The highest BCUT2D eigenvalue weighted by Crippen LogP contribution is 2.38. The van der Waals surface area contributed by atoms with E-state index in [9.17, 15) is 14.3 Å². The molecule has 5 nitrogen and oxygen atoms in total. The minimum Gasteiger partial charge on any atom is -0.507 e. The summed E-state index contributed by atoms with van der Waals surface area (Å²) in [6.07, 6.45) is 2.29. The van der Waals surface area contributed by atoms with Crippen LogP contribution in [0.4, 0.5) is 10.2 Å². The van der Waals surface area contributed by atoms with Crippen molar-refractivity contribution in [2.45, 2.75) is 19.3 Å². The highest BCUT2D eigenvalue weighted by atomic mass is 35.5. The van der Waals surface area contributed by atoms with Crippen molar-refractivity contribution >= 4 is 34.9 Å². The molecule has 1 aromatic heterocycles. The maximum Gasteiger partial charge on any atom is 0.222 e. The molecule has 0 atom stereocenters. The van der Waals surface area contributed by atoms with E-state index in [1.54, 1.807) is 24.3 Å². The number of aromatic nitrogens is 1. The molecule has 2 aromatic carbocycles. The Hall–Kier alpha value is -2.83. The summed E-state index contributed by atoms with van der Waals surface area (Å²) in [5, 5.41) is 14.5. The van der Waals surface area contributed by atoms with Gasteiger partial charge in [-0.2, -0.15) is 0 Å². The molecule has 4 rings (SSSR count). The number of carbonyl (C=O) groups is 1. The molecule has 166 valence electrons. The van der Waals surface area contributed by atoms with Crippen LogP contribution in [0.3, 0.4) is 0 Å². The third-order valence-corrected chi connectivity index (χ3v) is 6.02.